The monoisotopic (exact) mass is 336 g/mol. The van der Waals surface area contributed by atoms with Crippen LogP contribution in [0.2, 0.25) is 0 Å². The van der Waals surface area contributed by atoms with E-state index in [2.05, 4.69) is 4.98 Å². The Morgan fingerprint density at radius 1 is 1.16 bits per heavy atom. The van der Waals surface area contributed by atoms with Crippen molar-refractivity contribution in [2.45, 2.75) is 13.5 Å². The van der Waals surface area contributed by atoms with Gasteiger partial charge in [0.1, 0.15) is 0 Å². The molecule has 5 nitrogen and oxygen atoms in total. The molecule has 0 saturated heterocycles. The number of rotatable bonds is 5. The Kier molecular flexibility index (Phi) is 3.93. The van der Waals surface area contributed by atoms with E-state index in [1.807, 2.05) is 61.3 Å². The number of ketones is 1. The number of nitrogens with zero attached hydrogens (tertiary/aromatic N) is 1. The van der Waals surface area contributed by atoms with Crippen molar-refractivity contribution in [2.24, 2.45) is 0 Å². The molecule has 2 heterocycles. The Morgan fingerprint density at radius 3 is 2.84 bits per heavy atom. The minimum atomic E-state index is 0.123. The van der Waals surface area contributed by atoms with Crippen LogP contribution in [0.4, 0.5) is 0 Å². The van der Waals surface area contributed by atoms with Crippen molar-refractivity contribution in [3.63, 3.8) is 0 Å². The van der Waals surface area contributed by atoms with E-state index in [0.29, 0.717) is 13.1 Å². The maximum absolute atomic E-state index is 12.8. The Hall–Kier alpha value is -2.79. The van der Waals surface area contributed by atoms with Crippen LogP contribution in [0.15, 0.2) is 42.5 Å². The Labute approximate surface area is 146 Å². The molecule has 0 amide bonds. The predicted octanol–water partition coefficient (Wildman–Crippen LogP) is 3.52. The van der Waals surface area contributed by atoms with Gasteiger partial charge in [0.2, 0.25) is 6.79 Å². The van der Waals surface area contributed by atoms with Gasteiger partial charge >= 0.3 is 0 Å². The van der Waals surface area contributed by atoms with E-state index in [0.717, 1.165) is 39.2 Å². The van der Waals surface area contributed by atoms with Gasteiger partial charge in [0.05, 0.1) is 6.54 Å². The van der Waals surface area contributed by atoms with Crippen molar-refractivity contribution >= 4 is 16.7 Å². The molecule has 1 N–H and O–H groups in total. The van der Waals surface area contributed by atoms with Crippen LogP contribution >= 0.6 is 0 Å². The van der Waals surface area contributed by atoms with Crippen molar-refractivity contribution in [2.75, 3.05) is 20.4 Å². The highest BCUT2D eigenvalue weighted by Gasteiger charge is 2.18. The topological polar surface area (TPSA) is 54.6 Å². The minimum absolute atomic E-state index is 0.123. The number of Topliss-reactive ketones (excluding diaryl/α,β-unsaturated/α-hetero) is 1. The number of para-hydroxylation sites is 1. The van der Waals surface area contributed by atoms with E-state index in [9.17, 15) is 4.79 Å². The van der Waals surface area contributed by atoms with Gasteiger partial charge in [0.25, 0.3) is 0 Å². The first-order valence-electron chi connectivity index (χ1n) is 8.29. The van der Waals surface area contributed by atoms with Crippen LogP contribution in [0.5, 0.6) is 11.5 Å². The molecule has 0 spiro atoms. The molecule has 25 heavy (non-hydrogen) atoms. The second kappa shape index (κ2) is 6.26. The largest absolute Gasteiger partial charge is 0.454 e. The fourth-order valence-electron chi connectivity index (χ4n) is 3.37. The number of benzene rings is 2. The maximum atomic E-state index is 12.8. The summed E-state index contributed by atoms with van der Waals surface area (Å²) in [4.78, 5) is 18.1. The lowest BCUT2D eigenvalue weighted by Gasteiger charge is -2.16. The van der Waals surface area contributed by atoms with Gasteiger partial charge in [0, 0.05) is 28.7 Å². The highest BCUT2D eigenvalue weighted by atomic mass is 16.7. The first kappa shape index (κ1) is 15.7. The van der Waals surface area contributed by atoms with Gasteiger partial charge in [-0.2, -0.15) is 0 Å². The lowest BCUT2D eigenvalue weighted by molar-refractivity contribution is 0.0944. The molecular formula is C20H20N2O3. The van der Waals surface area contributed by atoms with Crippen LogP contribution in [-0.4, -0.2) is 36.1 Å². The summed E-state index contributed by atoms with van der Waals surface area (Å²) in [6.45, 7) is 3.25. The second-order valence-electron chi connectivity index (χ2n) is 6.45. The number of aromatic nitrogens is 1. The molecule has 1 aliphatic heterocycles. The molecule has 4 rings (SSSR count). The maximum Gasteiger partial charge on any atom is 0.231 e. The quantitative estimate of drug-likeness (QED) is 0.724. The van der Waals surface area contributed by atoms with E-state index in [1.165, 1.54) is 0 Å². The third kappa shape index (κ3) is 2.98. The van der Waals surface area contributed by atoms with Crippen LogP contribution < -0.4 is 9.47 Å². The highest BCUT2D eigenvalue weighted by Crippen LogP contribution is 2.32. The normalized spacial score (nSPS) is 12.9. The first-order chi connectivity index (χ1) is 12.1. The van der Waals surface area contributed by atoms with Gasteiger partial charge < -0.3 is 14.5 Å². The van der Waals surface area contributed by atoms with Crippen LogP contribution in [-0.2, 0) is 6.54 Å². The molecule has 0 unspecified atom stereocenters. The van der Waals surface area contributed by atoms with E-state index in [4.69, 9.17) is 9.47 Å². The van der Waals surface area contributed by atoms with Crippen molar-refractivity contribution < 1.29 is 14.3 Å². The molecule has 2 aromatic carbocycles. The van der Waals surface area contributed by atoms with Gasteiger partial charge in [-0.25, -0.2) is 0 Å². The van der Waals surface area contributed by atoms with E-state index in [1.54, 1.807) is 0 Å². The predicted molar refractivity (Wildman–Crippen MR) is 96.3 cm³/mol. The fraction of sp³-hybridized carbons (Fsp3) is 0.250. The number of H-pyrrole nitrogens is 1. The summed E-state index contributed by atoms with van der Waals surface area (Å²) in [7, 11) is 1.95. The summed E-state index contributed by atoms with van der Waals surface area (Å²) in [6, 6.07) is 13.8. The van der Waals surface area contributed by atoms with Gasteiger partial charge in [0.15, 0.2) is 17.3 Å². The summed E-state index contributed by atoms with van der Waals surface area (Å²) in [5.41, 5.74) is 3.80. The second-order valence-corrected chi connectivity index (χ2v) is 6.45. The van der Waals surface area contributed by atoms with Gasteiger partial charge in [-0.1, -0.05) is 24.3 Å². The van der Waals surface area contributed by atoms with E-state index in [-0.39, 0.29) is 12.6 Å². The zero-order valence-electron chi connectivity index (χ0n) is 14.3. The molecule has 3 aromatic rings. The highest BCUT2D eigenvalue weighted by molar-refractivity contribution is 6.10. The van der Waals surface area contributed by atoms with E-state index < -0.39 is 0 Å². The summed E-state index contributed by atoms with van der Waals surface area (Å²) >= 11 is 0. The minimum Gasteiger partial charge on any atom is -0.454 e. The van der Waals surface area contributed by atoms with Crippen LogP contribution in [0.25, 0.3) is 10.9 Å². The van der Waals surface area contributed by atoms with Crippen LogP contribution in [0.1, 0.15) is 21.6 Å². The first-order valence-corrected chi connectivity index (χ1v) is 8.29. The number of carbonyl (C=O) groups excluding carboxylic acids is 1. The number of aromatic amines is 1. The molecule has 1 aromatic heterocycles. The molecule has 0 aliphatic carbocycles. The zero-order chi connectivity index (χ0) is 17.4. The number of nitrogens with one attached hydrogen (secondary N) is 1. The summed E-state index contributed by atoms with van der Waals surface area (Å²) in [6.07, 6.45) is 0. The molecular weight excluding hydrogens is 316 g/mol. The number of aryl methyl sites for hydroxylation is 1. The van der Waals surface area contributed by atoms with Gasteiger partial charge in [-0.3, -0.25) is 9.69 Å². The zero-order valence-corrected chi connectivity index (χ0v) is 14.3. The number of hydrogen-bond acceptors (Lipinski definition) is 4. The molecule has 0 radical (unpaired) electrons. The molecule has 0 fully saturated rings. The van der Waals surface area contributed by atoms with E-state index >= 15 is 0 Å². The number of fused-ring (bicyclic) bond motifs is 2. The Balaban J connectivity index is 1.49. The molecule has 0 atom stereocenters. The van der Waals surface area contributed by atoms with Crippen LogP contribution in [0, 0.1) is 6.92 Å². The van der Waals surface area contributed by atoms with Crippen molar-refractivity contribution in [3.8, 4) is 11.5 Å². The Morgan fingerprint density at radius 2 is 1.96 bits per heavy atom. The van der Waals surface area contributed by atoms with Crippen molar-refractivity contribution in [1.82, 2.24) is 9.88 Å². The smallest absolute Gasteiger partial charge is 0.231 e. The molecule has 5 heteroatoms. The van der Waals surface area contributed by atoms with Gasteiger partial charge in [-0.05, 0) is 37.7 Å². The molecule has 0 saturated carbocycles. The number of ether oxygens (including phenoxy) is 2. The fourth-order valence-corrected chi connectivity index (χ4v) is 3.37. The van der Waals surface area contributed by atoms with Gasteiger partial charge in [-0.15, -0.1) is 0 Å². The third-order valence-electron chi connectivity index (χ3n) is 4.48. The number of hydrogen-bond donors (Lipinski definition) is 1. The standard InChI is InChI=1S/C20H20N2O3/c1-13-20(15-5-3-4-6-16(15)21-13)17(23)11-22(2)10-14-7-8-18-19(9-14)25-12-24-18/h3-9,21H,10-12H2,1-2H3. The van der Waals surface area contributed by atoms with Crippen LogP contribution in [0.3, 0.4) is 0 Å². The summed E-state index contributed by atoms with van der Waals surface area (Å²) < 4.78 is 10.7. The average molecular weight is 336 g/mol. The number of likely N-dealkylation sites (N-methyl/N-ethyl adjacent to an activating group) is 1. The number of carbonyl (C=O) groups is 1. The summed E-state index contributed by atoms with van der Waals surface area (Å²) in [5, 5.41) is 0.987. The van der Waals surface area contributed by atoms with Crippen molar-refractivity contribution in [3.05, 3.63) is 59.3 Å². The SMILES string of the molecule is Cc1[nH]c2ccccc2c1C(=O)CN(C)Cc1ccc2c(c1)OCO2. The molecule has 1 aliphatic rings. The molecule has 128 valence electrons. The lowest BCUT2D eigenvalue weighted by atomic mass is 10.1. The summed E-state index contributed by atoms with van der Waals surface area (Å²) in [5.74, 6) is 1.67. The average Bonchev–Trinajstić information content (AvgIpc) is 3.16. The Bertz CT molecular complexity index is 945. The molecule has 0 bridgehead atoms. The third-order valence-corrected chi connectivity index (χ3v) is 4.48. The van der Waals surface area contributed by atoms with Crippen molar-refractivity contribution in [1.29, 1.82) is 0 Å². The lowest BCUT2D eigenvalue weighted by Crippen LogP contribution is -2.25.